The van der Waals surface area contributed by atoms with E-state index in [1.807, 2.05) is 27.8 Å². The zero-order chi connectivity index (χ0) is 15.8. The molecule has 2 heterocycles. The van der Waals surface area contributed by atoms with Gasteiger partial charge in [0.2, 0.25) is 0 Å². The summed E-state index contributed by atoms with van der Waals surface area (Å²) >= 11 is 0. The molecule has 0 radical (unpaired) electrons. The quantitative estimate of drug-likeness (QED) is 0.853. The van der Waals surface area contributed by atoms with Crippen molar-refractivity contribution in [3.63, 3.8) is 0 Å². The second-order valence-electron chi connectivity index (χ2n) is 6.72. The van der Waals surface area contributed by atoms with Crippen molar-refractivity contribution in [3.8, 4) is 5.69 Å². The van der Waals surface area contributed by atoms with Gasteiger partial charge in [-0.25, -0.2) is 4.68 Å². The van der Waals surface area contributed by atoms with Gasteiger partial charge in [-0.3, -0.25) is 4.79 Å². The molecule has 1 aliphatic heterocycles. The lowest BCUT2D eigenvalue weighted by atomic mass is 10.0. The molecule has 0 saturated carbocycles. The highest BCUT2D eigenvalue weighted by Crippen LogP contribution is 2.29. The molecule has 0 unspecified atom stereocenters. The van der Waals surface area contributed by atoms with Crippen molar-refractivity contribution in [2.24, 2.45) is 0 Å². The third-order valence-electron chi connectivity index (χ3n) is 5.20. The Hall–Kier alpha value is -2.10. The Morgan fingerprint density at radius 2 is 1.96 bits per heavy atom. The summed E-state index contributed by atoms with van der Waals surface area (Å²) < 4.78 is 1.99. The number of rotatable bonds is 2. The fourth-order valence-electron chi connectivity index (χ4n) is 3.93. The van der Waals surface area contributed by atoms with Gasteiger partial charge in [0.15, 0.2) is 5.69 Å². The van der Waals surface area contributed by atoms with Crippen molar-refractivity contribution in [1.82, 2.24) is 14.7 Å². The van der Waals surface area contributed by atoms with Gasteiger partial charge in [-0.2, -0.15) is 5.10 Å². The lowest BCUT2D eigenvalue weighted by molar-refractivity contribution is 0.0628. The number of carbonyl (C=O) groups excluding carboxylic acids is 1. The predicted octanol–water partition coefficient (Wildman–Crippen LogP) is 3.38. The van der Waals surface area contributed by atoms with Crippen LogP contribution < -0.4 is 0 Å². The van der Waals surface area contributed by atoms with E-state index in [4.69, 9.17) is 5.10 Å². The maximum absolute atomic E-state index is 13.1. The van der Waals surface area contributed by atoms with Crippen LogP contribution in [0.2, 0.25) is 0 Å². The first-order chi connectivity index (χ1) is 11.3. The Morgan fingerprint density at radius 3 is 2.74 bits per heavy atom. The van der Waals surface area contributed by atoms with E-state index >= 15 is 0 Å². The molecular formula is C19H23N3O. The first-order valence-electron chi connectivity index (χ1n) is 8.73. The fourth-order valence-corrected chi connectivity index (χ4v) is 3.93. The first-order valence-corrected chi connectivity index (χ1v) is 8.73. The maximum atomic E-state index is 13.1. The summed E-state index contributed by atoms with van der Waals surface area (Å²) in [5, 5.41) is 4.74. The minimum Gasteiger partial charge on any atom is -0.335 e. The Labute approximate surface area is 137 Å². The SMILES string of the molecule is C[C@H]1CCCCN1C(=O)c1nn(-c2ccccc2)c2c1CCC2. The average Bonchev–Trinajstić information content (AvgIpc) is 3.18. The smallest absolute Gasteiger partial charge is 0.274 e. The lowest BCUT2D eigenvalue weighted by Gasteiger charge is -2.33. The average molecular weight is 309 g/mol. The molecule has 0 spiro atoms. The number of benzene rings is 1. The molecule has 0 bridgehead atoms. The fraction of sp³-hybridized carbons (Fsp3) is 0.474. The molecule has 1 aromatic carbocycles. The zero-order valence-corrected chi connectivity index (χ0v) is 13.7. The van der Waals surface area contributed by atoms with Gasteiger partial charge in [0.25, 0.3) is 5.91 Å². The molecule has 4 rings (SSSR count). The highest BCUT2D eigenvalue weighted by molar-refractivity contribution is 5.94. The number of carbonyl (C=O) groups is 1. The Morgan fingerprint density at radius 1 is 1.13 bits per heavy atom. The minimum absolute atomic E-state index is 0.130. The molecule has 4 nitrogen and oxygen atoms in total. The highest BCUT2D eigenvalue weighted by atomic mass is 16.2. The Bertz CT molecular complexity index is 720. The van der Waals surface area contributed by atoms with E-state index in [-0.39, 0.29) is 5.91 Å². The van der Waals surface area contributed by atoms with Crippen molar-refractivity contribution < 1.29 is 4.79 Å². The van der Waals surface area contributed by atoms with Gasteiger partial charge in [-0.05, 0) is 57.6 Å². The summed E-state index contributed by atoms with van der Waals surface area (Å²) in [5.41, 5.74) is 4.15. The number of fused-ring (bicyclic) bond motifs is 1. The summed E-state index contributed by atoms with van der Waals surface area (Å²) in [4.78, 5) is 15.1. The second kappa shape index (κ2) is 5.84. The standard InChI is InChI=1S/C19H23N3O/c1-14-8-5-6-13-21(14)19(23)18-16-11-7-12-17(16)22(20-18)15-9-3-2-4-10-15/h2-4,9-10,14H,5-8,11-13H2,1H3/t14-/m0/s1. The highest BCUT2D eigenvalue weighted by Gasteiger charge is 2.32. The van der Waals surface area contributed by atoms with Crippen LogP contribution in [0.25, 0.3) is 5.69 Å². The first kappa shape index (κ1) is 14.5. The molecule has 1 fully saturated rings. The molecule has 120 valence electrons. The van der Waals surface area contributed by atoms with Crippen molar-refractivity contribution in [3.05, 3.63) is 47.3 Å². The van der Waals surface area contributed by atoms with E-state index in [9.17, 15) is 4.79 Å². The largest absolute Gasteiger partial charge is 0.335 e. The van der Waals surface area contributed by atoms with Crippen molar-refractivity contribution in [2.45, 2.75) is 51.5 Å². The number of aromatic nitrogens is 2. The van der Waals surface area contributed by atoms with E-state index in [0.717, 1.165) is 44.3 Å². The Balaban J connectivity index is 1.74. The number of hydrogen-bond donors (Lipinski definition) is 0. The van der Waals surface area contributed by atoms with E-state index < -0.39 is 0 Å². The van der Waals surface area contributed by atoms with Crippen LogP contribution in [0.4, 0.5) is 0 Å². The molecule has 2 aromatic rings. The predicted molar refractivity (Wildman–Crippen MR) is 89.9 cm³/mol. The lowest BCUT2D eigenvalue weighted by Crippen LogP contribution is -2.42. The minimum atomic E-state index is 0.130. The van der Waals surface area contributed by atoms with Crippen LogP contribution in [-0.4, -0.2) is 33.2 Å². The van der Waals surface area contributed by atoms with Crippen LogP contribution >= 0.6 is 0 Å². The van der Waals surface area contributed by atoms with E-state index in [1.165, 1.54) is 17.7 Å². The molecular weight excluding hydrogens is 286 g/mol. The van der Waals surface area contributed by atoms with Gasteiger partial charge in [-0.1, -0.05) is 18.2 Å². The zero-order valence-electron chi connectivity index (χ0n) is 13.7. The van der Waals surface area contributed by atoms with E-state index in [2.05, 4.69) is 19.1 Å². The number of nitrogens with zero attached hydrogens (tertiary/aromatic N) is 3. The van der Waals surface area contributed by atoms with Crippen molar-refractivity contribution in [2.75, 3.05) is 6.54 Å². The molecule has 1 amide bonds. The summed E-state index contributed by atoms with van der Waals surface area (Å²) in [6.45, 7) is 3.03. The molecule has 1 aliphatic carbocycles. The van der Waals surface area contributed by atoms with Crippen molar-refractivity contribution in [1.29, 1.82) is 0 Å². The van der Waals surface area contributed by atoms with Gasteiger partial charge in [0.1, 0.15) is 0 Å². The molecule has 1 aromatic heterocycles. The van der Waals surface area contributed by atoms with Gasteiger partial charge in [0.05, 0.1) is 5.69 Å². The topological polar surface area (TPSA) is 38.1 Å². The van der Waals surface area contributed by atoms with Crippen LogP contribution in [0.3, 0.4) is 0 Å². The number of piperidine rings is 1. The van der Waals surface area contributed by atoms with Crippen LogP contribution in [0.1, 0.15) is 54.4 Å². The van der Waals surface area contributed by atoms with Gasteiger partial charge in [0, 0.05) is 23.8 Å². The summed E-state index contributed by atoms with van der Waals surface area (Å²) in [6, 6.07) is 10.5. The monoisotopic (exact) mass is 309 g/mol. The molecule has 2 aliphatic rings. The summed E-state index contributed by atoms with van der Waals surface area (Å²) in [7, 11) is 0. The molecule has 23 heavy (non-hydrogen) atoms. The normalized spacial score (nSPS) is 20.6. The number of para-hydroxylation sites is 1. The maximum Gasteiger partial charge on any atom is 0.274 e. The molecule has 1 saturated heterocycles. The Kier molecular flexibility index (Phi) is 3.68. The molecule has 0 N–H and O–H groups in total. The molecule has 4 heteroatoms. The van der Waals surface area contributed by atoms with E-state index in [1.54, 1.807) is 0 Å². The summed E-state index contributed by atoms with van der Waals surface area (Å²) in [6.07, 6.45) is 6.55. The van der Waals surface area contributed by atoms with Crippen LogP contribution in [0.15, 0.2) is 30.3 Å². The summed E-state index contributed by atoms with van der Waals surface area (Å²) in [5.74, 6) is 0.130. The second-order valence-corrected chi connectivity index (χ2v) is 6.72. The van der Waals surface area contributed by atoms with Crippen LogP contribution in [0, 0.1) is 0 Å². The third kappa shape index (κ3) is 2.46. The van der Waals surface area contributed by atoms with Gasteiger partial charge < -0.3 is 4.90 Å². The number of hydrogen-bond acceptors (Lipinski definition) is 2. The number of likely N-dealkylation sites (tertiary alicyclic amines) is 1. The third-order valence-corrected chi connectivity index (χ3v) is 5.20. The van der Waals surface area contributed by atoms with Gasteiger partial charge in [-0.15, -0.1) is 0 Å². The van der Waals surface area contributed by atoms with Crippen LogP contribution in [-0.2, 0) is 12.8 Å². The van der Waals surface area contributed by atoms with E-state index in [0.29, 0.717) is 11.7 Å². The van der Waals surface area contributed by atoms with Gasteiger partial charge >= 0.3 is 0 Å². The van der Waals surface area contributed by atoms with Crippen molar-refractivity contribution >= 4 is 5.91 Å². The number of amides is 1. The molecule has 1 atom stereocenters. The van der Waals surface area contributed by atoms with Crippen LogP contribution in [0.5, 0.6) is 0 Å².